The Morgan fingerprint density at radius 2 is 1.93 bits per heavy atom. The van der Waals surface area contributed by atoms with E-state index < -0.39 is 17.2 Å². The number of likely N-dealkylation sites (N-methyl/N-ethyl adjacent to an activating group) is 1. The van der Waals surface area contributed by atoms with E-state index in [0.29, 0.717) is 24.3 Å². The number of ether oxygens (including phenoxy) is 1. The Morgan fingerprint density at radius 1 is 1.24 bits per heavy atom. The number of carbonyl (C=O) groups excluding carboxylic acids is 1. The van der Waals surface area contributed by atoms with Crippen molar-refractivity contribution in [3.05, 3.63) is 38.9 Å². The van der Waals surface area contributed by atoms with Crippen molar-refractivity contribution >= 4 is 34.2 Å². The van der Waals surface area contributed by atoms with Gasteiger partial charge in [-0.1, -0.05) is 18.5 Å². The fourth-order valence-corrected chi connectivity index (χ4v) is 4.41. The molecule has 1 aromatic heterocycles. The van der Waals surface area contributed by atoms with Crippen LogP contribution in [0.2, 0.25) is 5.02 Å². The number of piperazine rings is 1. The van der Waals surface area contributed by atoms with Crippen molar-refractivity contribution < 1.29 is 13.9 Å². The molecule has 0 spiro atoms. The maximum atomic E-state index is 15.1. The molecule has 2 heterocycles. The van der Waals surface area contributed by atoms with E-state index in [4.69, 9.17) is 16.3 Å². The van der Waals surface area contributed by atoms with Gasteiger partial charge in [0.2, 0.25) is 5.43 Å². The van der Waals surface area contributed by atoms with Crippen molar-refractivity contribution in [1.29, 1.82) is 0 Å². The van der Waals surface area contributed by atoms with Crippen LogP contribution in [0.3, 0.4) is 0 Å². The number of rotatable bonds is 5. The van der Waals surface area contributed by atoms with E-state index in [1.807, 2.05) is 9.47 Å². The zero-order chi connectivity index (χ0) is 20.7. The molecule has 1 aliphatic carbocycles. The lowest BCUT2D eigenvalue weighted by atomic mass is 10.1. The van der Waals surface area contributed by atoms with Gasteiger partial charge in [0.1, 0.15) is 11.4 Å². The summed E-state index contributed by atoms with van der Waals surface area (Å²) in [7, 11) is 0. The number of benzene rings is 1. The summed E-state index contributed by atoms with van der Waals surface area (Å²) in [6, 6.07) is 1.38. The number of hydrogen-bond donors (Lipinski definition) is 0. The molecule has 8 heteroatoms. The number of anilines is 1. The summed E-state index contributed by atoms with van der Waals surface area (Å²) in [6.45, 7) is 7.92. The average Bonchev–Trinajstić information content (AvgIpc) is 3.54. The minimum atomic E-state index is -0.690. The number of carbonyl (C=O) groups is 1. The topological polar surface area (TPSA) is 54.8 Å². The molecule has 0 atom stereocenters. The summed E-state index contributed by atoms with van der Waals surface area (Å²) in [5, 5.41) is 0.366. The van der Waals surface area contributed by atoms with E-state index in [1.54, 1.807) is 6.92 Å². The molecule has 156 valence electrons. The standard InChI is InChI=1S/C21H25ClFN3O3/c1-3-24-7-9-25(10-8-24)19-16(23)11-14-18(17(19)22)26(13-5-6-13)12-15(20(14)27)21(28)29-4-2/h11-13H,3-10H2,1-2H3. The number of nitrogens with zero attached hydrogens (tertiary/aromatic N) is 3. The smallest absolute Gasteiger partial charge is 0.343 e. The van der Waals surface area contributed by atoms with Crippen LogP contribution in [0.25, 0.3) is 10.9 Å². The highest BCUT2D eigenvalue weighted by Gasteiger charge is 2.31. The first-order valence-electron chi connectivity index (χ1n) is 10.2. The van der Waals surface area contributed by atoms with Crippen molar-refractivity contribution in [2.24, 2.45) is 0 Å². The molecule has 0 amide bonds. The van der Waals surface area contributed by atoms with Crippen LogP contribution < -0.4 is 10.3 Å². The van der Waals surface area contributed by atoms with E-state index in [0.717, 1.165) is 32.5 Å². The van der Waals surface area contributed by atoms with Gasteiger partial charge in [0, 0.05) is 38.4 Å². The number of hydrogen-bond acceptors (Lipinski definition) is 5. The first-order chi connectivity index (χ1) is 14.0. The molecule has 0 radical (unpaired) electrons. The summed E-state index contributed by atoms with van der Waals surface area (Å²) >= 11 is 6.72. The van der Waals surface area contributed by atoms with Crippen LogP contribution in [0.5, 0.6) is 0 Å². The van der Waals surface area contributed by atoms with Crippen molar-refractivity contribution in [3.63, 3.8) is 0 Å². The zero-order valence-corrected chi connectivity index (χ0v) is 17.5. The van der Waals surface area contributed by atoms with Gasteiger partial charge in [-0.15, -0.1) is 0 Å². The molecule has 1 aromatic carbocycles. The van der Waals surface area contributed by atoms with Gasteiger partial charge in [0.05, 0.1) is 28.2 Å². The third kappa shape index (κ3) is 3.62. The van der Waals surface area contributed by atoms with Gasteiger partial charge in [-0.2, -0.15) is 0 Å². The van der Waals surface area contributed by atoms with Crippen LogP contribution in [-0.2, 0) is 4.74 Å². The van der Waals surface area contributed by atoms with Crippen LogP contribution in [0.15, 0.2) is 17.1 Å². The zero-order valence-electron chi connectivity index (χ0n) is 16.7. The van der Waals surface area contributed by atoms with Gasteiger partial charge in [-0.3, -0.25) is 4.79 Å². The lowest BCUT2D eigenvalue weighted by Crippen LogP contribution is -2.46. The lowest BCUT2D eigenvalue weighted by molar-refractivity contribution is 0.0524. The Bertz CT molecular complexity index is 1010. The predicted molar refractivity (Wildman–Crippen MR) is 112 cm³/mol. The molecule has 0 unspecified atom stereocenters. The molecule has 1 aliphatic heterocycles. The molecule has 1 saturated heterocycles. The van der Waals surface area contributed by atoms with Crippen molar-refractivity contribution in [1.82, 2.24) is 9.47 Å². The van der Waals surface area contributed by atoms with Crippen LogP contribution in [0, 0.1) is 5.82 Å². The van der Waals surface area contributed by atoms with E-state index in [-0.39, 0.29) is 28.6 Å². The fraction of sp³-hybridized carbons (Fsp3) is 0.524. The molecular formula is C21H25ClFN3O3. The predicted octanol–water partition coefficient (Wildman–Crippen LogP) is 3.45. The lowest BCUT2D eigenvalue weighted by Gasteiger charge is -2.36. The highest BCUT2D eigenvalue weighted by atomic mass is 35.5. The Hall–Kier alpha value is -2.12. The Balaban J connectivity index is 1.87. The molecule has 4 rings (SSSR count). The SMILES string of the molecule is CCOC(=O)c1cn(C2CC2)c2c(Cl)c(N3CCN(CC)CC3)c(F)cc2c1=O. The summed E-state index contributed by atoms with van der Waals surface area (Å²) in [6.07, 6.45) is 3.39. The Kier molecular flexibility index (Phi) is 5.53. The quantitative estimate of drug-likeness (QED) is 0.692. The normalized spacial score (nSPS) is 17.7. The summed E-state index contributed by atoms with van der Waals surface area (Å²) in [4.78, 5) is 29.5. The first-order valence-corrected chi connectivity index (χ1v) is 10.5. The largest absolute Gasteiger partial charge is 0.462 e. The maximum Gasteiger partial charge on any atom is 0.343 e. The molecule has 2 aromatic rings. The third-order valence-electron chi connectivity index (χ3n) is 5.76. The second-order valence-electron chi connectivity index (χ2n) is 7.57. The van der Waals surface area contributed by atoms with E-state index in [2.05, 4.69) is 11.8 Å². The molecule has 0 N–H and O–H groups in total. The minimum Gasteiger partial charge on any atom is -0.462 e. The molecule has 2 aliphatic rings. The average molecular weight is 422 g/mol. The second-order valence-corrected chi connectivity index (χ2v) is 7.95. The van der Waals surface area contributed by atoms with Crippen LogP contribution in [-0.4, -0.2) is 54.8 Å². The highest BCUT2D eigenvalue weighted by Crippen LogP contribution is 2.42. The van der Waals surface area contributed by atoms with Gasteiger partial charge >= 0.3 is 5.97 Å². The first kappa shape index (κ1) is 20.2. The van der Waals surface area contributed by atoms with E-state index in [1.165, 1.54) is 12.3 Å². The number of esters is 1. The van der Waals surface area contributed by atoms with Crippen molar-refractivity contribution in [2.45, 2.75) is 32.7 Å². The van der Waals surface area contributed by atoms with E-state index >= 15 is 4.39 Å². The highest BCUT2D eigenvalue weighted by molar-refractivity contribution is 6.38. The molecule has 2 fully saturated rings. The third-order valence-corrected chi connectivity index (χ3v) is 6.11. The van der Waals surface area contributed by atoms with Gasteiger partial charge in [0.25, 0.3) is 0 Å². The molecule has 29 heavy (non-hydrogen) atoms. The van der Waals surface area contributed by atoms with Gasteiger partial charge in [0.15, 0.2) is 0 Å². The summed E-state index contributed by atoms with van der Waals surface area (Å²) < 4.78 is 22.0. The number of fused-ring (bicyclic) bond motifs is 1. The molecule has 0 bridgehead atoms. The van der Waals surface area contributed by atoms with E-state index in [9.17, 15) is 9.59 Å². The maximum absolute atomic E-state index is 15.1. The van der Waals surface area contributed by atoms with Crippen LogP contribution in [0.1, 0.15) is 43.1 Å². The summed E-state index contributed by atoms with van der Waals surface area (Å²) in [5.41, 5.74) is 0.221. The minimum absolute atomic E-state index is 0.0778. The van der Waals surface area contributed by atoms with Crippen molar-refractivity contribution in [3.8, 4) is 0 Å². The number of aromatic nitrogens is 1. The molecular weight excluding hydrogens is 397 g/mol. The Morgan fingerprint density at radius 3 is 2.52 bits per heavy atom. The monoisotopic (exact) mass is 421 g/mol. The second kappa shape index (κ2) is 7.95. The van der Waals surface area contributed by atoms with Gasteiger partial charge in [-0.05, 0) is 32.4 Å². The van der Waals surface area contributed by atoms with Crippen molar-refractivity contribution in [2.75, 3.05) is 44.2 Å². The van der Waals surface area contributed by atoms with Crippen LogP contribution in [0.4, 0.5) is 10.1 Å². The fourth-order valence-electron chi connectivity index (χ4n) is 4.00. The number of pyridine rings is 1. The van der Waals surface area contributed by atoms with Gasteiger partial charge < -0.3 is 19.1 Å². The molecule has 1 saturated carbocycles. The van der Waals surface area contributed by atoms with Crippen LogP contribution >= 0.6 is 11.6 Å². The Labute approximate surface area is 173 Å². The van der Waals surface area contributed by atoms with Gasteiger partial charge in [-0.25, -0.2) is 9.18 Å². The summed E-state index contributed by atoms with van der Waals surface area (Å²) in [5.74, 6) is -1.22. The molecule has 6 nitrogen and oxygen atoms in total. The number of halogens is 2.